The van der Waals surface area contributed by atoms with E-state index in [-0.39, 0.29) is 11.8 Å². The summed E-state index contributed by atoms with van der Waals surface area (Å²) in [5.41, 5.74) is 2.67. The molecule has 2 aliphatic rings. The number of hydrogen-bond donors (Lipinski definition) is 2. The molecule has 5 rings (SSSR count). The molecule has 0 aliphatic carbocycles. The second kappa shape index (κ2) is 7.69. The van der Waals surface area contributed by atoms with Crippen LogP contribution in [0.4, 0.5) is 5.82 Å². The number of amides is 2. The molecule has 0 radical (unpaired) electrons. The number of carbonyl (C=O) groups excluding carboxylic acids is 2. The first-order chi connectivity index (χ1) is 15.0. The van der Waals surface area contributed by atoms with Gasteiger partial charge in [-0.3, -0.25) is 14.3 Å². The molecule has 2 saturated heterocycles. The quantitative estimate of drug-likeness (QED) is 0.614. The Bertz CT molecular complexity index is 1150. The highest BCUT2D eigenvalue weighted by Crippen LogP contribution is 2.31. The fraction of sp³-hybridized carbons (Fsp3) is 0.429. The number of rotatable bonds is 6. The summed E-state index contributed by atoms with van der Waals surface area (Å²) in [6.45, 7) is 3.75. The number of ether oxygens (including phenoxy) is 1. The molecule has 2 aliphatic heterocycles. The normalized spacial score (nSPS) is 20.3. The molecule has 0 saturated carbocycles. The fourth-order valence-corrected chi connectivity index (χ4v) is 3.98. The first kappa shape index (κ1) is 19.6. The highest BCUT2D eigenvalue weighted by Gasteiger charge is 2.36. The van der Waals surface area contributed by atoms with Crippen molar-refractivity contribution in [2.45, 2.75) is 31.8 Å². The third kappa shape index (κ3) is 3.63. The summed E-state index contributed by atoms with van der Waals surface area (Å²) in [6.07, 6.45) is 5.37. The van der Waals surface area contributed by atoms with Crippen molar-refractivity contribution in [2.24, 2.45) is 7.05 Å². The van der Waals surface area contributed by atoms with Crippen molar-refractivity contribution in [3.63, 3.8) is 0 Å². The Morgan fingerprint density at radius 2 is 2.16 bits per heavy atom. The van der Waals surface area contributed by atoms with Crippen LogP contribution in [0.5, 0.6) is 5.75 Å². The van der Waals surface area contributed by atoms with Gasteiger partial charge < -0.3 is 20.3 Å². The number of aryl methyl sites for hydroxylation is 1. The Morgan fingerprint density at radius 3 is 2.84 bits per heavy atom. The van der Waals surface area contributed by atoms with Crippen molar-refractivity contribution in [3.8, 4) is 17.0 Å². The van der Waals surface area contributed by atoms with Crippen molar-refractivity contribution < 1.29 is 14.3 Å². The second-order valence-electron chi connectivity index (χ2n) is 8.05. The van der Waals surface area contributed by atoms with Crippen molar-refractivity contribution in [1.29, 1.82) is 0 Å². The minimum absolute atomic E-state index is 0.0895. The summed E-state index contributed by atoms with van der Waals surface area (Å²) in [7, 11) is 1.88. The number of hydrogen-bond acceptors (Lipinski definition) is 6. The van der Waals surface area contributed by atoms with Crippen LogP contribution in [0.1, 0.15) is 19.8 Å². The summed E-state index contributed by atoms with van der Waals surface area (Å²) >= 11 is 0. The molecule has 0 aromatic carbocycles. The molecule has 162 valence electrons. The third-order valence-corrected chi connectivity index (χ3v) is 5.99. The van der Waals surface area contributed by atoms with Crippen molar-refractivity contribution >= 4 is 23.1 Å². The molecule has 2 atom stereocenters. The zero-order valence-electron chi connectivity index (χ0n) is 17.5. The van der Waals surface area contributed by atoms with Crippen LogP contribution in [0, 0.1) is 0 Å². The van der Waals surface area contributed by atoms with Gasteiger partial charge in [-0.25, -0.2) is 4.52 Å². The van der Waals surface area contributed by atoms with Crippen LogP contribution in [0.3, 0.4) is 0 Å². The van der Waals surface area contributed by atoms with Gasteiger partial charge in [0.25, 0.3) is 0 Å². The molecule has 2 N–H and O–H groups in total. The summed E-state index contributed by atoms with van der Waals surface area (Å²) in [5, 5.41) is 14.9. The Balaban J connectivity index is 1.35. The number of carbonyl (C=O) groups is 2. The lowest BCUT2D eigenvalue weighted by Gasteiger charge is -2.38. The van der Waals surface area contributed by atoms with E-state index >= 15 is 0 Å². The molecular weight excluding hydrogens is 398 g/mol. The van der Waals surface area contributed by atoms with E-state index in [1.54, 1.807) is 20.3 Å². The molecule has 3 aromatic heterocycles. The van der Waals surface area contributed by atoms with E-state index in [2.05, 4.69) is 20.8 Å². The third-order valence-electron chi connectivity index (χ3n) is 5.99. The molecule has 10 heteroatoms. The van der Waals surface area contributed by atoms with Gasteiger partial charge in [0, 0.05) is 44.4 Å². The maximum absolute atomic E-state index is 12.5. The first-order valence-electron chi connectivity index (χ1n) is 10.5. The van der Waals surface area contributed by atoms with Gasteiger partial charge in [0.15, 0.2) is 11.6 Å². The van der Waals surface area contributed by atoms with Crippen LogP contribution in [0.15, 0.2) is 30.6 Å². The van der Waals surface area contributed by atoms with E-state index in [9.17, 15) is 9.59 Å². The molecule has 0 unspecified atom stereocenters. The van der Waals surface area contributed by atoms with E-state index in [0.29, 0.717) is 31.4 Å². The Hall–Kier alpha value is -3.40. The van der Waals surface area contributed by atoms with Gasteiger partial charge in [-0.1, -0.05) is 0 Å². The number of pyridine rings is 1. The van der Waals surface area contributed by atoms with E-state index in [1.165, 1.54) is 6.92 Å². The molecule has 0 spiro atoms. The van der Waals surface area contributed by atoms with E-state index in [0.717, 1.165) is 35.5 Å². The predicted octanol–water partition coefficient (Wildman–Crippen LogP) is 1.03. The van der Waals surface area contributed by atoms with Crippen molar-refractivity contribution in [1.82, 2.24) is 29.6 Å². The van der Waals surface area contributed by atoms with Gasteiger partial charge in [-0.05, 0) is 31.5 Å². The molecule has 2 amide bonds. The highest BCUT2D eigenvalue weighted by molar-refractivity contribution is 5.97. The lowest BCUT2D eigenvalue weighted by atomic mass is 10.0. The zero-order valence-corrected chi connectivity index (χ0v) is 17.5. The van der Waals surface area contributed by atoms with Crippen LogP contribution in [0.2, 0.25) is 0 Å². The molecule has 5 heterocycles. The van der Waals surface area contributed by atoms with E-state index in [4.69, 9.17) is 4.74 Å². The number of likely N-dealkylation sites (tertiary alicyclic amines) is 1. The lowest BCUT2D eigenvalue weighted by Crippen LogP contribution is -2.56. The molecular formula is C21H25N7O3. The topological polar surface area (TPSA) is 106 Å². The number of nitrogens with zero attached hydrogens (tertiary/aromatic N) is 5. The lowest BCUT2D eigenvalue weighted by molar-refractivity contribution is -0.143. The minimum Gasteiger partial charge on any atom is -0.488 e. The van der Waals surface area contributed by atoms with E-state index < -0.39 is 6.04 Å². The number of nitrogens with one attached hydrogen (secondary N) is 2. The zero-order chi connectivity index (χ0) is 21.5. The second-order valence-corrected chi connectivity index (χ2v) is 8.05. The fourth-order valence-electron chi connectivity index (χ4n) is 3.98. The largest absolute Gasteiger partial charge is 0.488 e. The van der Waals surface area contributed by atoms with Crippen LogP contribution in [0.25, 0.3) is 16.8 Å². The van der Waals surface area contributed by atoms with Gasteiger partial charge in [0.2, 0.25) is 11.8 Å². The number of fused-ring (bicyclic) bond motifs is 1. The molecule has 31 heavy (non-hydrogen) atoms. The maximum Gasteiger partial charge on any atom is 0.248 e. The number of aromatic nitrogens is 4. The van der Waals surface area contributed by atoms with Gasteiger partial charge >= 0.3 is 0 Å². The Labute approximate surface area is 179 Å². The molecule has 3 aromatic rings. The smallest absolute Gasteiger partial charge is 0.248 e. The molecule has 2 fully saturated rings. The Morgan fingerprint density at radius 1 is 1.32 bits per heavy atom. The van der Waals surface area contributed by atoms with Crippen molar-refractivity contribution in [2.75, 3.05) is 25.0 Å². The van der Waals surface area contributed by atoms with Crippen LogP contribution >= 0.6 is 0 Å². The monoisotopic (exact) mass is 423 g/mol. The van der Waals surface area contributed by atoms with Crippen LogP contribution in [-0.4, -0.2) is 67.9 Å². The average Bonchev–Trinajstić information content (AvgIpc) is 3.20. The summed E-state index contributed by atoms with van der Waals surface area (Å²) in [5.74, 6) is 0.892. The summed E-state index contributed by atoms with van der Waals surface area (Å²) < 4.78 is 9.50. The first-order valence-corrected chi connectivity index (χ1v) is 10.5. The van der Waals surface area contributed by atoms with E-state index in [1.807, 2.05) is 31.4 Å². The van der Waals surface area contributed by atoms with Crippen molar-refractivity contribution in [3.05, 3.63) is 30.6 Å². The molecule has 0 bridgehead atoms. The van der Waals surface area contributed by atoms with Crippen LogP contribution in [-0.2, 0) is 16.6 Å². The van der Waals surface area contributed by atoms with Gasteiger partial charge in [0.05, 0.1) is 11.7 Å². The van der Waals surface area contributed by atoms with Gasteiger partial charge in [-0.2, -0.15) is 10.2 Å². The summed E-state index contributed by atoms with van der Waals surface area (Å²) in [4.78, 5) is 25.6. The highest BCUT2D eigenvalue weighted by atomic mass is 16.5. The standard InChI is InChI=1S/C21H25N7O3/c1-13(29)27-7-5-17(27)21(30)24-19-10-16-9-14(4-8-28(16)25-19)20-18(11-23-26(20)2)31-12-15-3-6-22-15/h4,8-11,15,17,22H,3,5-7,12H2,1-2H3,(H,24,25,30)/t15-,17-/m1/s1. The maximum atomic E-state index is 12.5. The Kier molecular flexibility index (Phi) is 4.85. The minimum atomic E-state index is -0.419. The van der Waals surface area contributed by atoms with Gasteiger partial charge in [0.1, 0.15) is 18.3 Å². The average molecular weight is 423 g/mol. The molecule has 10 nitrogen and oxygen atoms in total. The SMILES string of the molecule is CC(=O)N1CC[C@@H]1C(=O)Nc1cc2cc(-c3c(OC[C@H]4CCN4)cnn3C)ccn2n1. The summed E-state index contributed by atoms with van der Waals surface area (Å²) in [6, 6.07) is 5.72. The van der Waals surface area contributed by atoms with Gasteiger partial charge in [-0.15, -0.1) is 0 Å². The number of anilines is 1. The van der Waals surface area contributed by atoms with Crippen LogP contribution < -0.4 is 15.4 Å². The predicted molar refractivity (Wildman–Crippen MR) is 114 cm³/mol.